The van der Waals surface area contributed by atoms with Crippen LogP contribution < -0.4 is 5.32 Å². The van der Waals surface area contributed by atoms with Crippen molar-refractivity contribution in [2.24, 2.45) is 0 Å². The molecule has 9 heteroatoms. The zero-order valence-electron chi connectivity index (χ0n) is 15.5. The number of esters is 2. The lowest BCUT2D eigenvalue weighted by atomic mass is 9.82. The highest BCUT2D eigenvalue weighted by atomic mass is 35.5. The minimum Gasteiger partial charge on any atom is -0.466 e. The second-order valence-corrected chi connectivity index (χ2v) is 7.64. The van der Waals surface area contributed by atoms with Gasteiger partial charge in [0.15, 0.2) is 5.12 Å². The maximum absolute atomic E-state index is 12.8. The molecule has 1 atom stereocenters. The number of thioether (sulfide) groups is 1. The number of benzene rings is 1. The Hall–Kier alpha value is -1.96. The van der Waals surface area contributed by atoms with Crippen LogP contribution in [0, 0.1) is 0 Å². The number of dihydropyridines is 1. The van der Waals surface area contributed by atoms with Crippen LogP contribution in [0.15, 0.2) is 41.2 Å². The Kier molecular flexibility index (Phi) is 7.98. The van der Waals surface area contributed by atoms with Crippen molar-refractivity contribution < 1.29 is 23.9 Å². The van der Waals surface area contributed by atoms with Crippen LogP contribution in [0.4, 0.5) is 0 Å². The summed E-state index contributed by atoms with van der Waals surface area (Å²) >= 11 is 13.6. The maximum Gasteiger partial charge on any atom is 0.336 e. The molecule has 1 heterocycles. The normalized spacial score (nSPS) is 16.2. The number of rotatable bonds is 6. The number of carbonyl (C=O) groups excluding carboxylic acids is 3. The largest absolute Gasteiger partial charge is 0.466 e. The smallest absolute Gasteiger partial charge is 0.336 e. The lowest BCUT2D eigenvalue weighted by Crippen LogP contribution is -2.31. The first-order valence-corrected chi connectivity index (χ1v) is 10.1. The molecule has 28 heavy (non-hydrogen) atoms. The second-order valence-electron chi connectivity index (χ2n) is 5.70. The van der Waals surface area contributed by atoms with Gasteiger partial charge >= 0.3 is 11.9 Å². The van der Waals surface area contributed by atoms with Gasteiger partial charge in [0.25, 0.3) is 0 Å². The van der Waals surface area contributed by atoms with Crippen LogP contribution in [-0.2, 0) is 23.9 Å². The molecule has 0 amide bonds. The Morgan fingerprint density at radius 2 is 1.93 bits per heavy atom. The van der Waals surface area contributed by atoms with Gasteiger partial charge in [-0.15, -0.1) is 0 Å². The number of halogens is 2. The van der Waals surface area contributed by atoms with Crippen LogP contribution in [0.1, 0.15) is 25.3 Å². The molecule has 0 aromatic heterocycles. The molecule has 0 saturated carbocycles. The highest BCUT2D eigenvalue weighted by Crippen LogP contribution is 2.42. The number of hydrogen-bond donors (Lipinski definition) is 1. The highest BCUT2D eigenvalue weighted by molar-refractivity contribution is 8.13. The molecule has 0 spiro atoms. The first-order valence-electron chi connectivity index (χ1n) is 8.34. The maximum atomic E-state index is 12.8. The molecule has 150 valence electrons. The van der Waals surface area contributed by atoms with Crippen LogP contribution in [0.5, 0.6) is 0 Å². The third kappa shape index (κ3) is 4.90. The van der Waals surface area contributed by atoms with E-state index in [0.717, 1.165) is 11.8 Å². The van der Waals surface area contributed by atoms with Crippen molar-refractivity contribution in [3.8, 4) is 0 Å². The molecule has 1 aliphatic heterocycles. The summed E-state index contributed by atoms with van der Waals surface area (Å²) in [6, 6.07) is 4.96. The standard InChI is InChI=1S/C19H19Cl2NO5S/c1-4-27-19(25)16-14(9-28-10(2)23)22-8-12(18(24)26-3)15(16)11-6-5-7-13(20)17(11)21/h5-8,15,22H,4,9H2,1-3H3. The van der Waals surface area contributed by atoms with Crippen LogP contribution >= 0.6 is 35.0 Å². The summed E-state index contributed by atoms with van der Waals surface area (Å²) < 4.78 is 10.1. The lowest BCUT2D eigenvalue weighted by molar-refractivity contribution is -0.139. The fourth-order valence-electron chi connectivity index (χ4n) is 2.76. The third-order valence-corrected chi connectivity index (χ3v) is 5.63. The van der Waals surface area contributed by atoms with E-state index in [9.17, 15) is 14.4 Å². The summed E-state index contributed by atoms with van der Waals surface area (Å²) in [5.74, 6) is -1.91. The number of hydrogen-bond acceptors (Lipinski definition) is 7. The molecule has 0 bridgehead atoms. The number of ether oxygens (including phenoxy) is 2. The van der Waals surface area contributed by atoms with Crippen molar-refractivity contribution in [3.63, 3.8) is 0 Å². The van der Waals surface area contributed by atoms with Gasteiger partial charge < -0.3 is 14.8 Å². The molecule has 0 radical (unpaired) electrons. The zero-order valence-corrected chi connectivity index (χ0v) is 17.8. The van der Waals surface area contributed by atoms with Crippen molar-refractivity contribution in [3.05, 3.63) is 56.9 Å². The third-order valence-electron chi connectivity index (χ3n) is 3.96. The van der Waals surface area contributed by atoms with Crippen LogP contribution in [0.2, 0.25) is 10.0 Å². The van der Waals surface area contributed by atoms with Crippen molar-refractivity contribution in [2.45, 2.75) is 19.8 Å². The molecule has 1 unspecified atom stereocenters. The van der Waals surface area contributed by atoms with E-state index < -0.39 is 17.9 Å². The predicted molar refractivity (Wildman–Crippen MR) is 109 cm³/mol. The molecule has 1 N–H and O–H groups in total. The predicted octanol–water partition coefficient (Wildman–Crippen LogP) is 3.83. The molecular weight excluding hydrogens is 425 g/mol. The van der Waals surface area contributed by atoms with E-state index in [1.54, 1.807) is 25.1 Å². The Bertz CT molecular complexity index is 866. The van der Waals surface area contributed by atoms with Crippen molar-refractivity contribution in [1.82, 2.24) is 5.32 Å². The average molecular weight is 444 g/mol. The van der Waals surface area contributed by atoms with Gasteiger partial charge in [0.2, 0.25) is 0 Å². The Morgan fingerprint density at radius 3 is 2.54 bits per heavy atom. The number of carbonyl (C=O) groups is 3. The molecule has 0 saturated heterocycles. The van der Waals surface area contributed by atoms with Gasteiger partial charge in [-0.1, -0.05) is 47.1 Å². The van der Waals surface area contributed by atoms with Gasteiger partial charge in [0.05, 0.1) is 40.8 Å². The van der Waals surface area contributed by atoms with E-state index >= 15 is 0 Å². The first-order chi connectivity index (χ1) is 13.3. The van der Waals surface area contributed by atoms with E-state index in [-0.39, 0.29) is 38.7 Å². The summed E-state index contributed by atoms with van der Waals surface area (Å²) in [5, 5.41) is 3.31. The van der Waals surface area contributed by atoms with E-state index in [2.05, 4.69) is 5.32 Å². The fourth-order valence-corrected chi connectivity index (χ4v) is 3.76. The van der Waals surface area contributed by atoms with Gasteiger partial charge in [0, 0.05) is 24.6 Å². The lowest BCUT2D eigenvalue weighted by Gasteiger charge is -2.29. The summed E-state index contributed by atoms with van der Waals surface area (Å²) in [5.41, 5.74) is 1.27. The van der Waals surface area contributed by atoms with Crippen LogP contribution in [0.25, 0.3) is 0 Å². The Labute approximate surface area is 177 Å². The second kappa shape index (κ2) is 10.0. The van der Waals surface area contributed by atoms with Crippen LogP contribution in [-0.4, -0.2) is 36.5 Å². The molecule has 2 rings (SSSR count). The SMILES string of the molecule is CCOC(=O)C1=C(CSC(C)=O)NC=C(C(=O)OC)C1c1cccc(Cl)c1Cl. The van der Waals surface area contributed by atoms with Crippen molar-refractivity contribution in [2.75, 3.05) is 19.5 Å². The minimum absolute atomic E-state index is 0.113. The molecule has 0 aliphatic carbocycles. The van der Waals surface area contributed by atoms with E-state index in [0.29, 0.717) is 11.3 Å². The quantitative estimate of drug-likeness (QED) is 0.668. The average Bonchev–Trinajstić information content (AvgIpc) is 2.67. The monoisotopic (exact) mass is 443 g/mol. The Balaban J connectivity index is 2.69. The molecule has 1 aromatic carbocycles. The summed E-state index contributed by atoms with van der Waals surface area (Å²) in [7, 11) is 1.24. The summed E-state index contributed by atoms with van der Waals surface area (Å²) in [6.07, 6.45) is 1.45. The van der Waals surface area contributed by atoms with E-state index in [1.165, 1.54) is 20.2 Å². The van der Waals surface area contributed by atoms with Gasteiger partial charge in [-0.2, -0.15) is 0 Å². The zero-order chi connectivity index (χ0) is 20.8. The van der Waals surface area contributed by atoms with Crippen molar-refractivity contribution >= 4 is 52.0 Å². The highest BCUT2D eigenvalue weighted by Gasteiger charge is 2.38. The summed E-state index contributed by atoms with van der Waals surface area (Å²) in [6.45, 7) is 3.25. The van der Waals surface area contributed by atoms with Gasteiger partial charge in [-0.25, -0.2) is 9.59 Å². The molecule has 0 fully saturated rings. The molecule has 6 nitrogen and oxygen atoms in total. The van der Waals surface area contributed by atoms with E-state index in [4.69, 9.17) is 32.7 Å². The van der Waals surface area contributed by atoms with Gasteiger partial charge in [-0.05, 0) is 18.6 Å². The Morgan fingerprint density at radius 1 is 1.21 bits per heavy atom. The molecular formula is C19H19Cl2NO5S. The minimum atomic E-state index is -0.860. The molecule has 1 aromatic rings. The number of nitrogens with one attached hydrogen (secondary N) is 1. The van der Waals surface area contributed by atoms with E-state index in [1.807, 2.05) is 0 Å². The fraction of sp³-hybridized carbons (Fsp3) is 0.316. The van der Waals surface area contributed by atoms with Gasteiger partial charge in [-0.3, -0.25) is 4.79 Å². The number of methoxy groups -OCH3 is 1. The topological polar surface area (TPSA) is 81.7 Å². The van der Waals surface area contributed by atoms with Crippen LogP contribution in [0.3, 0.4) is 0 Å². The van der Waals surface area contributed by atoms with Gasteiger partial charge in [0.1, 0.15) is 0 Å². The van der Waals surface area contributed by atoms with Crippen molar-refractivity contribution in [1.29, 1.82) is 0 Å². The summed E-state index contributed by atoms with van der Waals surface area (Å²) in [4.78, 5) is 36.7. The first kappa shape index (κ1) is 22.3. The molecule has 1 aliphatic rings.